The van der Waals surface area contributed by atoms with Crippen molar-refractivity contribution in [1.29, 1.82) is 0 Å². The van der Waals surface area contributed by atoms with Crippen LogP contribution in [0.25, 0.3) is 22.4 Å². The van der Waals surface area contributed by atoms with E-state index in [1.54, 1.807) is 0 Å². The molecular formula is C22H27ClN4. The highest BCUT2D eigenvalue weighted by Crippen LogP contribution is 2.28. The standard InChI is InChI=1S/C22H27ClN4/c23-19-15-17(9-10-18(19)16-24)22-25-20-7-2-3-8-21(20)27(22)14-6-13-26-11-4-1-5-12-26/h2-3,7-10,15H,1,4-6,11-14,16,24H2. The number of likely N-dealkylation sites (tertiary alicyclic amines) is 1. The van der Waals surface area contributed by atoms with Crippen molar-refractivity contribution in [2.45, 2.75) is 38.8 Å². The molecule has 2 aromatic carbocycles. The Morgan fingerprint density at radius 2 is 1.81 bits per heavy atom. The number of aryl methyl sites for hydroxylation is 1. The third kappa shape index (κ3) is 4.03. The molecule has 5 heteroatoms. The third-order valence-corrected chi connectivity index (χ3v) is 5.84. The SMILES string of the molecule is NCc1ccc(-c2nc3ccccc3n2CCCN2CCCCC2)cc1Cl. The van der Waals surface area contributed by atoms with Crippen molar-refractivity contribution in [1.82, 2.24) is 14.5 Å². The fourth-order valence-electron chi connectivity index (χ4n) is 4.01. The average molecular weight is 383 g/mol. The maximum atomic E-state index is 6.41. The van der Waals surface area contributed by atoms with Crippen LogP contribution in [0.1, 0.15) is 31.2 Å². The first kappa shape index (κ1) is 18.5. The van der Waals surface area contributed by atoms with Gasteiger partial charge in [0.2, 0.25) is 0 Å². The fraction of sp³-hybridized carbons (Fsp3) is 0.409. The Labute approximate surface area is 165 Å². The molecule has 0 aliphatic carbocycles. The number of aromatic nitrogens is 2. The van der Waals surface area contributed by atoms with Crippen molar-refractivity contribution in [3.05, 3.63) is 53.1 Å². The molecule has 0 unspecified atom stereocenters. The van der Waals surface area contributed by atoms with Gasteiger partial charge in [-0.15, -0.1) is 0 Å². The Morgan fingerprint density at radius 3 is 2.59 bits per heavy atom. The molecule has 2 N–H and O–H groups in total. The van der Waals surface area contributed by atoms with Gasteiger partial charge in [0.15, 0.2) is 0 Å². The van der Waals surface area contributed by atoms with Crippen LogP contribution >= 0.6 is 11.6 Å². The zero-order valence-corrected chi connectivity index (χ0v) is 16.5. The van der Waals surface area contributed by atoms with Gasteiger partial charge < -0.3 is 15.2 Å². The monoisotopic (exact) mass is 382 g/mol. The summed E-state index contributed by atoms with van der Waals surface area (Å²) in [6, 6.07) is 14.4. The van der Waals surface area contributed by atoms with Gasteiger partial charge in [-0.25, -0.2) is 4.98 Å². The number of imidazole rings is 1. The molecule has 142 valence electrons. The molecule has 1 fully saturated rings. The summed E-state index contributed by atoms with van der Waals surface area (Å²) in [6.07, 6.45) is 5.19. The predicted octanol–water partition coefficient (Wildman–Crippen LogP) is 4.69. The molecule has 4 rings (SSSR count). The smallest absolute Gasteiger partial charge is 0.141 e. The van der Waals surface area contributed by atoms with E-state index in [1.807, 2.05) is 18.2 Å². The van der Waals surface area contributed by atoms with E-state index in [1.165, 1.54) is 37.9 Å². The summed E-state index contributed by atoms with van der Waals surface area (Å²) in [5, 5.41) is 0.710. The lowest BCUT2D eigenvalue weighted by Crippen LogP contribution is -2.31. The van der Waals surface area contributed by atoms with Crippen LogP contribution in [0.15, 0.2) is 42.5 Å². The molecule has 1 aliphatic heterocycles. The summed E-state index contributed by atoms with van der Waals surface area (Å²) >= 11 is 6.41. The maximum Gasteiger partial charge on any atom is 0.141 e. The van der Waals surface area contributed by atoms with Crippen LogP contribution in [-0.2, 0) is 13.1 Å². The van der Waals surface area contributed by atoms with Crippen LogP contribution in [-0.4, -0.2) is 34.1 Å². The first-order valence-electron chi connectivity index (χ1n) is 9.93. The molecule has 1 saturated heterocycles. The van der Waals surface area contributed by atoms with Crippen molar-refractivity contribution in [2.24, 2.45) is 5.73 Å². The number of nitrogens with zero attached hydrogens (tertiary/aromatic N) is 3. The van der Waals surface area contributed by atoms with Gasteiger partial charge in [0.05, 0.1) is 11.0 Å². The van der Waals surface area contributed by atoms with E-state index in [0.29, 0.717) is 11.6 Å². The normalized spacial score (nSPS) is 15.5. The highest BCUT2D eigenvalue weighted by atomic mass is 35.5. The Kier molecular flexibility index (Phi) is 5.77. The van der Waals surface area contributed by atoms with Gasteiger partial charge in [-0.1, -0.05) is 42.3 Å². The number of halogens is 1. The number of rotatable bonds is 6. The molecule has 2 heterocycles. The third-order valence-electron chi connectivity index (χ3n) is 5.49. The van der Waals surface area contributed by atoms with Crippen molar-refractivity contribution >= 4 is 22.6 Å². The quantitative estimate of drug-likeness (QED) is 0.672. The molecule has 0 amide bonds. The van der Waals surface area contributed by atoms with E-state index >= 15 is 0 Å². The molecule has 0 atom stereocenters. The zero-order chi connectivity index (χ0) is 18.6. The van der Waals surface area contributed by atoms with E-state index in [2.05, 4.69) is 33.7 Å². The van der Waals surface area contributed by atoms with Gasteiger partial charge >= 0.3 is 0 Å². The van der Waals surface area contributed by atoms with Crippen molar-refractivity contribution < 1.29 is 0 Å². The first-order valence-corrected chi connectivity index (χ1v) is 10.3. The van der Waals surface area contributed by atoms with Crippen molar-refractivity contribution in [2.75, 3.05) is 19.6 Å². The van der Waals surface area contributed by atoms with Gasteiger partial charge in [-0.2, -0.15) is 0 Å². The van der Waals surface area contributed by atoms with Gasteiger partial charge in [-0.05, 0) is 62.7 Å². The second-order valence-electron chi connectivity index (χ2n) is 7.34. The number of nitrogens with two attached hydrogens (primary N) is 1. The molecule has 0 bridgehead atoms. The van der Waals surface area contributed by atoms with Crippen molar-refractivity contribution in [3.8, 4) is 11.4 Å². The molecule has 0 spiro atoms. The summed E-state index contributed by atoms with van der Waals surface area (Å²) in [7, 11) is 0. The summed E-state index contributed by atoms with van der Waals surface area (Å²) in [4.78, 5) is 7.50. The van der Waals surface area contributed by atoms with E-state index < -0.39 is 0 Å². The summed E-state index contributed by atoms with van der Waals surface area (Å²) in [5.74, 6) is 0.986. The molecule has 0 radical (unpaired) electrons. The van der Waals surface area contributed by atoms with Gasteiger partial charge in [0, 0.05) is 23.7 Å². The molecule has 1 aliphatic rings. The minimum absolute atomic E-state index is 0.450. The lowest BCUT2D eigenvalue weighted by Gasteiger charge is -2.26. The van der Waals surface area contributed by atoms with Gasteiger partial charge in [0.25, 0.3) is 0 Å². The Morgan fingerprint density at radius 1 is 1.00 bits per heavy atom. The molecule has 27 heavy (non-hydrogen) atoms. The van der Waals surface area contributed by atoms with E-state index in [-0.39, 0.29) is 0 Å². The lowest BCUT2D eigenvalue weighted by atomic mass is 10.1. The van der Waals surface area contributed by atoms with Gasteiger partial charge in [-0.3, -0.25) is 0 Å². The zero-order valence-electron chi connectivity index (χ0n) is 15.7. The number of hydrogen-bond acceptors (Lipinski definition) is 3. The van der Waals surface area contributed by atoms with Crippen molar-refractivity contribution in [3.63, 3.8) is 0 Å². The maximum absolute atomic E-state index is 6.41. The summed E-state index contributed by atoms with van der Waals surface area (Å²) in [6.45, 7) is 5.05. The van der Waals surface area contributed by atoms with E-state index in [9.17, 15) is 0 Å². The molecule has 4 nitrogen and oxygen atoms in total. The number of fused-ring (bicyclic) bond motifs is 1. The average Bonchev–Trinajstić information content (AvgIpc) is 3.07. The van der Waals surface area contributed by atoms with Gasteiger partial charge in [0.1, 0.15) is 5.82 Å². The first-order chi connectivity index (χ1) is 13.3. The largest absolute Gasteiger partial charge is 0.326 e. The second-order valence-corrected chi connectivity index (χ2v) is 7.75. The van der Waals surface area contributed by atoms with Crippen LogP contribution in [0.2, 0.25) is 5.02 Å². The van der Waals surface area contributed by atoms with Crippen LogP contribution in [0, 0.1) is 0 Å². The number of hydrogen-bond donors (Lipinski definition) is 1. The molecular weight excluding hydrogens is 356 g/mol. The number of piperidine rings is 1. The minimum Gasteiger partial charge on any atom is -0.326 e. The van der Waals surface area contributed by atoms with Crippen LogP contribution in [0.4, 0.5) is 0 Å². The number of para-hydroxylation sites is 2. The highest BCUT2D eigenvalue weighted by Gasteiger charge is 2.15. The molecule has 3 aromatic rings. The Bertz CT molecular complexity index is 912. The summed E-state index contributed by atoms with van der Waals surface area (Å²) < 4.78 is 2.34. The second kappa shape index (κ2) is 8.42. The van der Waals surface area contributed by atoms with E-state index in [0.717, 1.165) is 42.0 Å². The topological polar surface area (TPSA) is 47.1 Å². The highest BCUT2D eigenvalue weighted by molar-refractivity contribution is 6.31. The Balaban J connectivity index is 1.62. The minimum atomic E-state index is 0.450. The predicted molar refractivity (Wildman–Crippen MR) is 113 cm³/mol. The number of benzene rings is 2. The lowest BCUT2D eigenvalue weighted by molar-refractivity contribution is 0.223. The fourth-order valence-corrected chi connectivity index (χ4v) is 4.27. The van der Waals surface area contributed by atoms with Crippen LogP contribution in [0.5, 0.6) is 0 Å². The van der Waals surface area contributed by atoms with Crippen LogP contribution < -0.4 is 5.73 Å². The van der Waals surface area contributed by atoms with E-state index in [4.69, 9.17) is 22.3 Å². The summed E-state index contributed by atoms with van der Waals surface area (Å²) in [5.41, 5.74) is 9.99. The molecule has 0 saturated carbocycles. The van der Waals surface area contributed by atoms with Crippen LogP contribution in [0.3, 0.4) is 0 Å². The molecule has 1 aromatic heterocycles. The Hall–Kier alpha value is -1.88.